The molecule has 5 atom stereocenters. The summed E-state index contributed by atoms with van der Waals surface area (Å²) in [7, 11) is -1.65. The second kappa shape index (κ2) is 9.61. The third kappa shape index (κ3) is 4.36. The maximum absolute atomic E-state index is 11.8. The molecule has 0 amide bonds. The van der Waals surface area contributed by atoms with Gasteiger partial charge < -0.3 is 24.1 Å². The first-order valence-electron chi connectivity index (χ1n) is 10.9. The van der Waals surface area contributed by atoms with Gasteiger partial charge in [-0.15, -0.1) is 0 Å². The lowest BCUT2D eigenvalue weighted by Gasteiger charge is -2.46. The van der Waals surface area contributed by atoms with Crippen LogP contribution in [0.3, 0.4) is 0 Å². The molecule has 2 aromatic carbocycles. The molecule has 8 nitrogen and oxygen atoms in total. The van der Waals surface area contributed by atoms with Crippen LogP contribution in [0.5, 0.6) is 0 Å². The van der Waals surface area contributed by atoms with E-state index in [0.717, 1.165) is 10.4 Å². The smallest absolute Gasteiger partial charge is 0.277 e. The summed E-state index contributed by atoms with van der Waals surface area (Å²) >= 11 is 0. The number of nitrogens with zero attached hydrogens (tertiary/aromatic N) is 1. The molecule has 0 unspecified atom stereocenters. The summed E-state index contributed by atoms with van der Waals surface area (Å²) in [5.41, 5.74) is -2.07. The predicted molar refractivity (Wildman–Crippen MR) is 127 cm³/mol. The van der Waals surface area contributed by atoms with Crippen LogP contribution in [0.2, 0.25) is 5.04 Å². The van der Waals surface area contributed by atoms with Crippen molar-refractivity contribution in [1.29, 1.82) is 0 Å². The standard InChI is InChI=1S/C24H33NO7Si/c1-23(2,3)33(17-12-8-6-9-13-17,18-14-10-7-11-15-18)31-16-19-20(26)24(4,25(28)29)21(27)22(30-5)32-19/h6-15,19-22,26-27H,16H2,1-5H3/t19-,20-,21+,22-,24-/m0/s1. The van der Waals surface area contributed by atoms with Crippen LogP contribution in [-0.2, 0) is 13.9 Å². The molecule has 0 spiro atoms. The molecule has 0 radical (unpaired) electrons. The summed E-state index contributed by atoms with van der Waals surface area (Å²) in [5, 5.41) is 35.0. The Bertz CT molecular complexity index is 897. The average Bonchev–Trinajstić information content (AvgIpc) is 2.79. The molecule has 180 valence electrons. The molecule has 0 aromatic heterocycles. The highest BCUT2D eigenvalue weighted by atomic mass is 28.4. The van der Waals surface area contributed by atoms with E-state index in [4.69, 9.17) is 13.9 Å². The first-order chi connectivity index (χ1) is 15.5. The molecule has 1 fully saturated rings. The van der Waals surface area contributed by atoms with Crippen LogP contribution in [0.4, 0.5) is 0 Å². The predicted octanol–water partition coefficient (Wildman–Crippen LogP) is 1.69. The maximum Gasteiger partial charge on any atom is 0.277 e. The third-order valence-electron chi connectivity index (χ3n) is 6.62. The van der Waals surface area contributed by atoms with Crippen molar-refractivity contribution >= 4 is 18.7 Å². The fourth-order valence-corrected chi connectivity index (χ4v) is 9.22. The van der Waals surface area contributed by atoms with Gasteiger partial charge in [-0.1, -0.05) is 81.4 Å². The Morgan fingerprint density at radius 1 is 1.03 bits per heavy atom. The Morgan fingerprint density at radius 2 is 1.52 bits per heavy atom. The van der Waals surface area contributed by atoms with Crippen molar-refractivity contribution in [2.24, 2.45) is 0 Å². The van der Waals surface area contributed by atoms with Crippen molar-refractivity contribution in [3.05, 3.63) is 70.8 Å². The van der Waals surface area contributed by atoms with Crippen LogP contribution in [0.25, 0.3) is 0 Å². The van der Waals surface area contributed by atoms with Gasteiger partial charge in [0, 0.05) is 19.0 Å². The zero-order valence-electron chi connectivity index (χ0n) is 19.7. The fraction of sp³-hybridized carbons (Fsp3) is 0.500. The highest BCUT2D eigenvalue weighted by Crippen LogP contribution is 2.38. The molecule has 1 aliphatic heterocycles. The van der Waals surface area contributed by atoms with E-state index in [0.29, 0.717) is 0 Å². The van der Waals surface area contributed by atoms with Crippen LogP contribution in [0.15, 0.2) is 60.7 Å². The quantitative estimate of drug-likeness (QED) is 0.356. The minimum Gasteiger partial charge on any atom is -0.405 e. The van der Waals surface area contributed by atoms with Gasteiger partial charge in [0.15, 0.2) is 18.5 Å². The molecular formula is C24H33NO7Si. The van der Waals surface area contributed by atoms with Crippen LogP contribution in [0.1, 0.15) is 27.7 Å². The minimum absolute atomic E-state index is 0.107. The minimum atomic E-state index is -2.95. The van der Waals surface area contributed by atoms with Crippen LogP contribution >= 0.6 is 0 Å². The molecule has 1 saturated heterocycles. The van der Waals surface area contributed by atoms with Crippen molar-refractivity contribution < 1.29 is 29.0 Å². The summed E-state index contributed by atoms with van der Waals surface area (Å²) in [4.78, 5) is 11.2. The number of nitro groups is 1. The lowest BCUT2D eigenvalue weighted by atomic mass is 9.83. The van der Waals surface area contributed by atoms with Crippen LogP contribution < -0.4 is 10.4 Å². The molecule has 0 saturated carbocycles. The van der Waals surface area contributed by atoms with Crippen molar-refractivity contribution in [2.75, 3.05) is 13.7 Å². The molecule has 9 heteroatoms. The number of aliphatic hydroxyl groups is 2. The van der Waals surface area contributed by atoms with Gasteiger partial charge in [0.1, 0.15) is 6.10 Å². The normalized spacial score (nSPS) is 28.5. The molecule has 0 aliphatic carbocycles. The summed E-state index contributed by atoms with van der Waals surface area (Å²) in [6.45, 7) is 7.43. The third-order valence-corrected chi connectivity index (χ3v) is 11.6. The summed E-state index contributed by atoms with van der Waals surface area (Å²) in [6.07, 6.45) is -5.59. The van der Waals surface area contributed by atoms with Crippen molar-refractivity contribution in [3.63, 3.8) is 0 Å². The SMILES string of the molecule is CO[C@H]1O[C@@H](CO[Si](c2ccccc2)(c2ccccc2)C(C)(C)C)[C@H](O)[C@](C)([N+](=O)[O-])[C@@H]1O. The Kier molecular flexibility index (Phi) is 7.42. The lowest BCUT2D eigenvalue weighted by Crippen LogP contribution is -2.71. The van der Waals surface area contributed by atoms with E-state index in [9.17, 15) is 20.3 Å². The van der Waals surface area contributed by atoms with Gasteiger partial charge in [0.2, 0.25) is 0 Å². The van der Waals surface area contributed by atoms with E-state index in [1.54, 1.807) is 0 Å². The Hall–Kier alpha value is -2.14. The first kappa shape index (κ1) is 25.5. The molecule has 2 N–H and O–H groups in total. The van der Waals surface area contributed by atoms with E-state index in [-0.39, 0.29) is 11.6 Å². The van der Waals surface area contributed by atoms with Crippen molar-refractivity contribution in [3.8, 4) is 0 Å². The zero-order valence-corrected chi connectivity index (χ0v) is 20.7. The number of hydrogen-bond donors (Lipinski definition) is 2. The van der Waals surface area contributed by atoms with Gasteiger partial charge in [-0.25, -0.2) is 0 Å². The van der Waals surface area contributed by atoms with Gasteiger partial charge in [0.05, 0.1) is 6.61 Å². The highest BCUT2D eigenvalue weighted by Gasteiger charge is 2.63. The largest absolute Gasteiger partial charge is 0.405 e. The second-order valence-electron chi connectivity index (χ2n) is 9.63. The number of benzene rings is 2. The monoisotopic (exact) mass is 475 g/mol. The Labute approximate surface area is 195 Å². The number of aliphatic hydroxyl groups excluding tert-OH is 2. The molecular weight excluding hydrogens is 442 g/mol. The average molecular weight is 476 g/mol. The summed E-state index contributed by atoms with van der Waals surface area (Å²) in [6, 6.07) is 19.9. The summed E-state index contributed by atoms with van der Waals surface area (Å²) in [5.74, 6) is 0. The molecule has 1 aliphatic rings. The van der Waals surface area contributed by atoms with E-state index in [1.807, 2.05) is 60.7 Å². The second-order valence-corrected chi connectivity index (χ2v) is 13.9. The fourth-order valence-electron chi connectivity index (χ4n) is 4.65. The van der Waals surface area contributed by atoms with E-state index < -0.39 is 43.4 Å². The van der Waals surface area contributed by atoms with E-state index in [1.165, 1.54) is 14.0 Å². The van der Waals surface area contributed by atoms with Crippen LogP contribution in [-0.4, -0.2) is 67.3 Å². The molecule has 1 heterocycles. The Morgan fingerprint density at radius 3 is 1.91 bits per heavy atom. The lowest BCUT2D eigenvalue weighted by molar-refractivity contribution is -0.609. The summed E-state index contributed by atoms with van der Waals surface area (Å²) < 4.78 is 17.7. The Balaban J connectivity index is 2.05. The number of rotatable bonds is 7. The van der Waals surface area contributed by atoms with E-state index >= 15 is 0 Å². The van der Waals surface area contributed by atoms with Crippen molar-refractivity contribution in [1.82, 2.24) is 0 Å². The van der Waals surface area contributed by atoms with Gasteiger partial charge in [-0.2, -0.15) is 0 Å². The van der Waals surface area contributed by atoms with E-state index in [2.05, 4.69) is 20.8 Å². The molecule has 0 bridgehead atoms. The van der Waals surface area contributed by atoms with Gasteiger partial charge in [-0.3, -0.25) is 10.1 Å². The number of methoxy groups -OCH3 is 1. The maximum atomic E-state index is 11.8. The molecule has 33 heavy (non-hydrogen) atoms. The first-order valence-corrected chi connectivity index (χ1v) is 12.8. The van der Waals surface area contributed by atoms with Crippen LogP contribution in [0, 0.1) is 10.1 Å². The topological polar surface area (TPSA) is 111 Å². The number of ether oxygens (including phenoxy) is 2. The molecule has 2 aromatic rings. The van der Waals surface area contributed by atoms with Gasteiger partial charge >= 0.3 is 0 Å². The van der Waals surface area contributed by atoms with Gasteiger partial charge in [0.25, 0.3) is 13.9 Å². The molecule has 3 rings (SSSR count). The van der Waals surface area contributed by atoms with Gasteiger partial charge in [-0.05, 0) is 15.4 Å². The highest BCUT2D eigenvalue weighted by molar-refractivity contribution is 6.99. The van der Waals surface area contributed by atoms with Crippen molar-refractivity contribution in [2.45, 2.75) is 62.9 Å². The number of hydrogen-bond acceptors (Lipinski definition) is 7. The zero-order chi connectivity index (χ0) is 24.4.